The lowest BCUT2D eigenvalue weighted by atomic mass is 10.0. The molecule has 2 saturated heterocycles. The lowest BCUT2D eigenvalue weighted by molar-refractivity contribution is 0.110. The van der Waals surface area contributed by atoms with Gasteiger partial charge in [-0.05, 0) is 6.07 Å². The van der Waals surface area contributed by atoms with Gasteiger partial charge < -0.3 is 14.1 Å². The summed E-state index contributed by atoms with van der Waals surface area (Å²) in [6.45, 7) is 3.69. The molecule has 2 fully saturated rings. The van der Waals surface area contributed by atoms with Crippen LogP contribution in [0.3, 0.4) is 0 Å². The van der Waals surface area contributed by atoms with Crippen molar-refractivity contribution in [1.82, 2.24) is 0 Å². The van der Waals surface area contributed by atoms with E-state index in [1.54, 1.807) is 6.07 Å². The zero-order valence-corrected chi connectivity index (χ0v) is 8.39. The second-order valence-electron chi connectivity index (χ2n) is 4.26. The molecular formula is C11H13NO3. The van der Waals surface area contributed by atoms with Crippen molar-refractivity contribution in [3.63, 3.8) is 0 Å². The largest absolute Gasteiger partial charge is 0.438 e. The summed E-state index contributed by atoms with van der Waals surface area (Å²) in [7, 11) is 0. The molecule has 2 aliphatic heterocycles. The van der Waals surface area contributed by atoms with E-state index in [2.05, 4.69) is 4.90 Å². The first-order valence-corrected chi connectivity index (χ1v) is 5.24. The van der Waals surface area contributed by atoms with Crippen LogP contribution < -0.4 is 4.90 Å². The van der Waals surface area contributed by atoms with Gasteiger partial charge in [0.1, 0.15) is 0 Å². The molecule has 80 valence electrons. The topological polar surface area (TPSA) is 42.7 Å². The van der Waals surface area contributed by atoms with Crippen molar-refractivity contribution < 1.29 is 13.9 Å². The Morgan fingerprint density at radius 3 is 2.60 bits per heavy atom. The number of hydrogen-bond acceptors (Lipinski definition) is 4. The molecule has 0 aromatic carbocycles. The van der Waals surface area contributed by atoms with Gasteiger partial charge in [0.05, 0.1) is 13.2 Å². The summed E-state index contributed by atoms with van der Waals surface area (Å²) in [5, 5.41) is 0. The zero-order chi connectivity index (χ0) is 10.3. The van der Waals surface area contributed by atoms with Crippen molar-refractivity contribution in [2.75, 3.05) is 31.2 Å². The lowest BCUT2D eigenvalue weighted by Gasteiger charge is -2.15. The smallest absolute Gasteiger partial charge is 0.196 e. The van der Waals surface area contributed by atoms with Crippen LogP contribution in [0, 0.1) is 11.8 Å². The number of fused-ring (bicyclic) bond motifs is 1. The van der Waals surface area contributed by atoms with Gasteiger partial charge in [0.2, 0.25) is 0 Å². The van der Waals surface area contributed by atoms with E-state index in [1.165, 1.54) is 0 Å². The number of ether oxygens (including phenoxy) is 1. The number of rotatable bonds is 2. The molecule has 0 N–H and O–H groups in total. The molecule has 2 atom stereocenters. The average Bonchev–Trinajstić information content (AvgIpc) is 2.91. The van der Waals surface area contributed by atoms with E-state index in [0.29, 0.717) is 17.6 Å². The molecule has 15 heavy (non-hydrogen) atoms. The van der Waals surface area contributed by atoms with Crippen molar-refractivity contribution in [3.05, 3.63) is 17.9 Å². The van der Waals surface area contributed by atoms with Crippen LogP contribution in [0.25, 0.3) is 0 Å². The highest BCUT2D eigenvalue weighted by Gasteiger charge is 2.38. The summed E-state index contributed by atoms with van der Waals surface area (Å²) < 4.78 is 10.8. The van der Waals surface area contributed by atoms with Gasteiger partial charge in [-0.25, -0.2) is 0 Å². The molecule has 0 saturated carbocycles. The molecule has 3 rings (SSSR count). The number of hydrogen-bond donors (Lipinski definition) is 0. The predicted molar refractivity (Wildman–Crippen MR) is 54.1 cm³/mol. The highest BCUT2D eigenvalue weighted by Crippen LogP contribution is 2.32. The minimum atomic E-state index is 0.401. The molecule has 0 radical (unpaired) electrons. The van der Waals surface area contributed by atoms with Gasteiger partial charge in [0, 0.05) is 31.0 Å². The Morgan fingerprint density at radius 1 is 1.27 bits per heavy atom. The molecule has 4 nitrogen and oxygen atoms in total. The number of carbonyl (C=O) groups excluding carboxylic acids is 1. The summed E-state index contributed by atoms with van der Waals surface area (Å²) in [5.74, 6) is 2.48. The molecule has 0 aliphatic carbocycles. The van der Waals surface area contributed by atoms with Gasteiger partial charge in [0.25, 0.3) is 0 Å². The highest BCUT2D eigenvalue weighted by atomic mass is 16.5. The standard InChI is InChI=1S/C11H13NO3/c13-5-10-1-2-11(15-10)12-3-8-6-14-7-9(8)4-12/h1-2,5,8-9H,3-4,6-7H2. The summed E-state index contributed by atoms with van der Waals surface area (Å²) >= 11 is 0. The maximum atomic E-state index is 10.5. The van der Waals surface area contributed by atoms with Crippen LogP contribution in [-0.4, -0.2) is 32.6 Å². The van der Waals surface area contributed by atoms with Gasteiger partial charge in [-0.1, -0.05) is 0 Å². The second-order valence-corrected chi connectivity index (χ2v) is 4.26. The summed E-state index contributed by atoms with van der Waals surface area (Å²) in [4.78, 5) is 12.7. The fraction of sp³-hybridized carbons (Fsp3) is 0.545. The van der Waals surface area contributed by atoms with Crippen molar-refractivity contribution in [3.8, 4) is 0 Å². The van der Waals surface area contributed by atoms with Crippen molar-refractivity contribution in [2.24, 2.45) is 11.8 Å². The summed E-state index contributed by atoms with van der Waals surface area (Å²) in [5.41, 5.74) is 0. The Kier molecular flexibility index (Phi) is 2.02. The van der Waals surface area contributed by atoms with Gasteiger partial charge in [-0.3, -0.25) is 4.79 Å². The van der Waals surface area contributed by atoms with Crippen molar-refractivity contribution >= 4 is 12.2 Å². The van der Waals surface area contributed by atoms with E-state index in [9.17, 15) is 4.79 Å². The lowest BCUT2D eigenvalue weighted by Crippen LogP contribution is -2.21. The van der Waals surface area contributed by atoms with Gasteiger partial charge in [-0.2, -0.15) is 0 Å². The maximum absolute atomic E-state index is 10.5. The Bertz CT molecular complexity index is 362. The molecule has 4 heteroatoms. The first-order chi connectivity index (χ1) is 7.36. The Balaban J connectivity index is 1.76. The number of anilines is 1. The molecular weight excluding hydrogens is 194 g/mol. The van der Waals surface area contributed by atoms with Crippen LogP contribution in [0.1, 0.15) is 10.6 Å². The van der Waals surface area contributed by atoms with E-state index in [-0.39, 0.29) is 0 Å². The van der Waals surface area contributed by atoms with Crippen molar-refractivity contribution in [1.29, 1.82) is 0 Å². The SMILES string of the molecule is O=Cc1ccc(N2CC3COCC3C2)o1. The molecule has 3 heterocycles. The first kappa shape index (κ1) is 8.97. The molecule has 1 aromatic heterocycles. The molecule has 0 spiro atoms. The van der Waals surface area contributed by atoms with E-state index < -0.39 is 0 Å². The minimum Gasteiger partial charge on any atom is -0.438 e. The normalized spacial score (nSPS) is 29.5. The molecule has 2 unspecified atom stereocenters. The molecule has 0 amide bonds. The van der Waals surface area contributed by atoms with Crippen LogP contribution >= 0.6 is 0 Å². The third kappa shape index (κ3) is 1.45. The quantitative estimate of drug-likeness (QED) is 0.683. The van der Waals surface area contributed by atoms with E-state index in [1.807, 2.05) is 6.07 Å². The minimum absolute atomic E-state index is 0.401. The highest BCUT2D eigenvalue weighted by molar-refractivity contribution is 5.71. The molecule has 2 aliphatic rings. The van der Waals surface area contributed by atoms with Crippen LogP contribution in [0.2, 0.25) is 0 Å². The van der Waals surface area contributed by atoms with Crippen LogP contribution in [0.5, 0.6) is 0 Å². The fourth-order valence-corrected chi connectivity index (χ4v) is 2.44. The number of nitrogens with zero attached hydrogens (tertiary/aromatic N) is 1. The third-order valence-electron chi connectivity index (χ3n) is 3.28. The summed E-state index contributed by atoms with van der Waals surface area (Å²) in [6.07, 6.45) is 0.740. The maximum Gasteiger partial charge on any atom is 0.196 e. The van der Waals surface area contributed by atoms with E-state index >= 15 is 0 Å². The van der Waals surface area contributed by atoms with Gasteiger partial charge in [0.15, 0.2) is 17.9 Å². The van der Waals surface area contributed by atoms with Gasteiger partial charge in [-0.15, -0.1) is 0 Å². The van der Waals surface area contributed by atoms with E-state index in [4.69, 9.17) is 9.15 Å². The van der Waals surface area contributed by atoms with E-state index in [0.717, 1.165) is 38.5 Å². The van der Waals surface area contributed by atoms with Crippen LogP contribution in [0.4, 0.5) is 5.88 Å². The second kappa shape index (κ2) is 3.38. The van der Waals surface area contributed by atoms with Crippen LogP contribution in [-0.2, 0) is 4.74 Å². The number of aldehydes is 1. The Hall–Kier alpha value is -1.29. The van der Waals surface area contributed by atoms with Crippen molar-refractivity contribution in [2.45, 2.75) is 0 Å². The number of carbonyl (C=O) groups is 1. The Labute approximate surface area is 87.8 Å². The fourth-order valence-electron chi connectivity index (χ4n) is 2.44. The Morgan fingerprint density at radius 2 is 2.00 bits per heavy atom. The molecule has 0 bridgehead atoms. The van der Waals surface area contributed by atoms with Crippen LogP contribution in [0.15, 0.2) is 16.5 Å². The first-order valence-electron chi connectivity index (χ1n) is 5.24. The zero-order valence-electron chi connectivity index (χ0n) is 8.39. The summed E-state index contributed by atoms with van der Waals surface area (Å²) in [6, 6.07) is 3.58. The monoisotopic (exact) mass is 207 g/mol. The predicted octanol–water partition coefficient (Wildman–Crippen LogP) is 1.17. The van der Waals surface area contributed by atoms with Gasteiger partial charge >= 0.3 is 0 Å². The average molecular weight is 207 g/mol. The molecule has 1 aromatic rings. The number of furan rings is 1. The third-order valence-corrected chi connectivity index (χ3v) is 3.28.